The summed E-state index contributed by atoms with van der Waals surface area (Å²) in [5, 5.41) is 11.5. The summed E-state index contributed by atoms with van der Waals surface area (Å²) in [6.45, 7) is 7.44. The second-order valence-electron chi connectivity index (χ2n) is 7.88. The van der Waals surface area contributed by atoms with Crippen molar-refractivity contribution in [3.05, 3.63) is 77.6 Å². The van der Waals surface area contributed by atoms with Gasteiger partial charge in [0.15, 0.2) is 6.79 Å². The molecule has 8 nitrogen and oxygen atoms in total. The molecule has 8 heteroatoms. The molecule has 0 radical (unpaired) electrons. The van der Waals surface area contributed by atoms with Gasteiger partial charge in [-0.25, -0.2) is 9.97 Å². The number of aliphatic hydroxyl groups excluding tert-OH is 1. The monoisotopic (exact) mass is 495 g/mol. The predicted octanol–water partition coefficient (Wildman–Crippen LogP) is 4.74. The minimum absolute atomic E-state index is 0.148. The molecule has 194 valence electrons. The summed E-state index contributed by atoms with van der Waals surface area (Å²) in [4.78, 5) is 19.8. The molecule has 36 heavy (non-hydrogen) atoms. The molecule has 0 atom stereocenters. The number of carbonyl (C=O) groups is 1. The molecule has 0 fully saturated rings. The molecule has 0 bridgehead atoms. The van der Waals surface area contributed by atoms with Gasteiger partial charge in [-0.1, -0.05) is 25.1 Å². The van der Waals surface area contributed by atoms with Crippen LogP contribution in [0.15, 0.2) is 60.9 Å². The Kier molecular flexibility index (Phi) is 13.4. The quantitative estimate of drug-likeness (QED) is 0.199. The molecular weight excluding hydrogens is 458 g/mol. The van der Waals surface area contributed by atoms with E-state index in [4.69, 9.17) is 19.3 Å². The fourth-order valence-electron chi connectivity index (χ4n) is 3.37. The van der Waals surface area contributed by atoms with Crippen molar-refractivity contribution >= 4 is 11.9 Å². The largest absolute Gasteiger partial charge is 0.494 e. The molecule has 3 rings (SSSR count). The lowest BCUT2D eigenvalue weighted by Crippen LogP contribution is -2.09. The van der Waals surface area contributed by atoms with Gasteiger partial charge in [-0.3, -0.25) is 4.79 Å². The fraction of sp³-hybridized carbons (Fsp3) is 0.393. The van der Waals surface area contributed by atoms with Crippen molar-refractivity contribution in [2.45, 2.75) is 46.5 Å². The van der Waals surface area contributed by atoms with Gasteiger partial charge in [0, 0.05) is 25.4 Å². The van der Waals surface area contributed by atoms with E-state index in [2.05, 4.69) is 28.3 Å². The van der Waals surface area contributed by atoms with Crippen molar-refractivity contribution in [1.29, 1.82) is 0 Å². The number of hydrogen-bond acceptors (Lipinski definition) is 8. The molecule has 2 N–H and O–H groups in total. The number of anilines is 1. The molecule has 2 aromatic carbocycles. The molecule has 0 spiro atoms. The van der Waals surface area contributed by atoms with E-state index in [-0.39, 0.29) is 12.8 Å². The lowest BCUT2D eigenvalue weighted by Gasteiger charge is -2.12. The minimum Gasteiger partial charge on any atom is -0.494 e. The second-order valence-corrected chi connectivity index (χ2v) is 7.88. The van der Waals surface area contributed by atoms with E-state index >= 15 is 0 Å². The summed E-state index contributed by atoms with van der Waals surface area (Å²) < 4.78 is 15.7. The van der Waals surface area contributed by atoms with Crippen LogP contribution in [0, 0.1) is 6.92 Å². The highest BCUT2D eigenvalue weighted by atomic mass is 16.6. The highest BCUT2D eigenvalue weighted by Gasteiger charge is 2.07. The van der Waals surface area contributed by atoms with Gasteiger partial charge in [-0.05, 0) is 80.1 Å². The first-order chi connectivity index (χ1) is 17.5. The number of aliphatic hydroxyl groups is 1. The van der Waals surface area contributed by atoms with Gasteiger partial charge in [0.1, 0.15) is 11.5 Å². The van der Waals surface area contributed by atoms with Crippen LogP contribution < -0.4 is 14.8 Å². The van der Waals surface area contributed by atoms with Gasteiger partial charge >= 0.3 is 5.97 Å². The Bertz CT molecular complexity index is 1030. The smallest absolute Gasteiger partial charge is 0.306 e. The Morgan fingerprint density at radius 2 is 1.75 bits per heavy atom. The van der Waals surface area contributed by atoms with Crippen molar-refractivity contribution in [3.8, 4) is 11.5 Å². The van der Waals surface area contributed by atoms with Crippen LogP contribution in [-0.4, -0.2) is 47.6 Å². The number of aromatic nitrogens is 2. The number of hydrogen-bond donors (Lipinski definition) is 2. The maximum absolute atomic E-state index is 11.5. The number of rotatable bonds is 13. The van der Waals surface area contributed by atoms with E-state index in [0.29, 0.717) is 37.8 Å². The predicted molar refractivity (Wildman–Crippen MR) is 140 cm³/mol. The molecule has 0 amide bonds. The third-order valence-corrected chi connectivity index (χ3v) is 5.12. The zero-order valence-electron chi connectivity index (χ0n) is 21.4. The van der Waals surface area contributed by atoms with Gasteiger partial charge in [0.2, 0.25) is 5.95 Å². The first-order valence-corrected chi connectivity index (χ1v) is 12.3. The van der Waals surface area contributed by atoms with Crippen molar-refractivity contribution in [1.82, 2.24) is 9.97 Å². The number of nitrogens with one attached hydrogen (secondary N) is 1. The first kappa shape index (κ1) is 28.6. The molecule has 0 saturated carbocycles. The summed E-state index contributed by atoms with van der Waals surface area (Å²) in [7, 11) is 0. The van der Waals surface area contributed by atoms with E-state index < -0.39 is 0 Å². The lowest BCUT2D eigenvalue weighted by molar-refractivity contribution is -0.143. The van der Waals surface area contributed by atoms with Gasteiger partial charge in [0.05, 0.1) is 13.2 Å². The summed E-state index contributed by atoms with van der Waals surface area (Å²) in [5.74, 6) is 2.05. The van der Waals surface area contributed by atoms with Gasteiger partial charge < -0.3 is 24.6 Å². The number of nitrogens with zero attached hydrogens (tertiary/aromatic N) is 2. The zero-order valence-corrected chi connectivity index (χ0v) is 21.4. The number of ether oxygens (including phenoxy) is 3. The van der Waals surface area contributed by atoms with E-state index in [0.717, 1.165) is 30.7 Å². The van der Waals surface area contributed by atoms with Crippen molar-refractivity contribution in [2.24, 2.45) is 0 Å². The van der Waals surface area contributed by atoms with Crippen LogP contribution in [0.4, 0.5) is 5.95 Å². The number of carbonyl (C=O) groups excluding carboxylic acids is 1. The highest BCUT2D eigenvalue weighted by Crippen LogP contribution is 2.20. The van der Waals surface area contributed by atoms with Crippen LogP contribution in [0.3, 0.4) is 0 Å². The number of esters is 1. The van der Waals surface area contributed by atoms with Gasteiger partial charge in [-0.15, -0.1) is 0 Å². The van der Waals surface area contributed by atoms with Crippen molar-refractivity contribution in [2.75, 3.05) is 31.9 Å². The molecule has 0 aliphatic carbocycles. The average Bonchev–Trinajstić information content (AvgIpc) is 2.89. The number of aryl methyl sites for hydroxylation is 3. The van der Waals surface area contributed by atoms with Crippen LogP contribution in [0.2, 0.25) is 0 Å². The molecule has 1 heterocycles. The van der Waals surface area contributed by atoms with Crippen LogP contribution in [0.5, 0.6) is 11.5 Å². The van der Waals surface area contributed by atoms with Crippen LogP contribution in [0.1, 0.15) is 43.4 Å². The molecule has 0 aliphatic heterocycles. The first-order valence-electron chi connectivity index (χ1n) is 12.3. The van der Waals surface area contributed by atoms with E-state index in [9.17, 15) is 4.79 Å². The third kappa shape index (κ3) is 11.2. The Morgan fingerprint density at radius 1 is 0.972 bits per heavy atom. The second kappa shape index (κ2) is 16.9. The van der Waals surface area contributed by atoms with Crippen LogP contribution in [-0.2, 0) is 22.4 Å². The average molecular weight is 496 g/mol. The van der Waals surface area contributed by atoms with Crippen LogP contribution in [0.25, 0.3) is 0 Å². The summed E-state index contributed by atoms with van der Waals surface area (Å²) in [6.07, 6.45) is 6.29. The maximum atomic E-state index is 11.5. The normalized spacial score (nSPS) is 10.1. The molecule has 0 saturated heterocycles. The Hall–Kier alpha value is -3.65. The molecule has 0 aliphatic rings. The lowest BCUT2D eigenvalue weighted by atomic mass is 10.0. The van der Waals surface area contributed by atoms with E-state index in [1.807, 2.05) is 50.2 Å². The van der Waals surface area contributed by atoms with Crippen molar-refractivity contribution < 1.29 is 24.1 Å². The molecule has 0 unspecified atom stereocenters. The molecule has 1 aromatic heterocycles. The maximum Gasteiger partial charge on any atom is 0.306 e. The van der Waals surface area contributed by atoms with Crippen molar-refractivity contribution in [3.63, 3.8) is 0 Å². The highest BCUT2D eigenvalue weighted by molar-refractivity contribution is 5.69. The standard InChI is InChI=1S/C20H27N3O3.C8H10O2/c1-3-16-15-18(9-7-17(16)8-10-19(24)25-4-2)26-14-6-13-23-20-21-11-5-12-22-20;1-7-3-2-4-8(5-7)10-6-9/h5,7,9,11-12,15H,3-4,6,8,10,13-14H2,1-2H3,(H,21,22,23);2-5,9H,6H2,1H3. The number of benzene rings is 2. The third-order valence-electron chi connectivity index (χ3n) is 5.12. The Labute approximate surface area is 213 Å². The minimum atomic E-state index is -0.260. The summed E-state index contributed by atoms with van der Waals surface area (Å²) >= 11 is 0. The Morgan fingerprint density at radius 3 is 2.44 bits per heavy atom. The topological polar surface area (TPSA) is 103 Å². The molecular formula is C28H37N3O5. The van der Waals surface area contributed by atoms with Gasteiger partial charge in [-0.2, -0.15) is 0 Å². The Balaban J connectivity index is 0.000000380. The van der Waals surface area contributed by atoms with E-state index in [1.54, 1.807) is 18.5 Å². The van der Waals surface area contributed by atoms with Gasteiger partial charge in [0.25, 0.3) is 0 Å². The SMILES string of the molecule is CCOC(=O)CCc1ccc(OCCCNc2ncccn2)cc1CC.Cc1cccc(OCO)c1. The summed E-state index contributed by atoms with van der Waals surface area (Å²) in [5.41, 5.74) is 3.52. The molecule has 3 aromatic rings. The fourth-order valence-corrected chi connectivity index (χ4v) is 3.37. The summed E-state index contributed by atoms with van der Waals surface area (Å²) in [6, 6.07) is 15.4. The van der Waals surface area contributed by atoms with E-state index in [1.165, 1.54) is 11.1 Å². The zero-order chi connectivity index (χ0) is 26.0. The van der Waals surface area contributed by atoms with Crippen LogP contribution >= 0.6 is 0 Å².